The maximum atomic E-state index is 13.6. The van der Waals surface area contributed by atoms with Crippen molar-refractivity contribution in [2.24, 2.45) is 5.16 Å². The Kier molecular flexibility index (Phi) is 8.72. The van der Waals surface area contributed by atoms with Gasteiger partial charge in [0, 0.05) is 19.6 Å². The van der Waals surface area contributed by atoms with E-state index in [4.69, 9.17) is 14.2 Å². The highest BCUT2D eigenvalue weighted by molar-refractivity contribution is 9.10. The summed E-state index contributed by atoms with van der Waals surface area (Å²) >= 11 is 3.11. The van der Waals surface area contributed by atoms with E-state index in [1.165, 1.54) is 25.3 Å². The summed E-state index contributed by atoms with van der Waals surface area (Å²) in [5, 5.41) is 18.0. The van der Waals surface area contributed by atoms with Crippen LogP contribution in [0.3, 0.4) is 0 Å². The van der Waals surface area contributed by atoms with Crippen molar-refractivity contribution in [1.29, 1.82) is 0 Å². The average molecular weight is 521 g/mol. The third-order valence-corrected chi connectivity index (χ3v) is 5.08. The molecule has 1 aromatic heterocycles. The number of rotatable bonds is 11. The molecule has 0 fully saturated rings. The molecule has 0 radical (unpaired) electrons. The molecule has 0 saturated heterocycles. The van der Waals surface area contributed by atoms with Crippen LogP contribution in [0.1, 0.15) is 11.3 Å². The molecule has 0 aliphatic heterocycles. The van der Waals surface area contributed by atoms with Crippen LogP contribution in [-0.4, -0.2) is 49.9 Å². The summed E-state index contributed by atoms with van der Waals surface area (Å²) in [5.41, 5.74) is 1.60. The first-order valence-corrected chi connectivity index (χ1v) is 10.6. The molecule has 0 aliphatic rings. The Morgan fingerprint density at radius 2 is 2.00 bits per heavy atom. The van der Waals surface area contributed by atoms with Crippen molar-refractivity contribution in [3.8, 4) is 5.75 Å². The van der Waals surface area contributed by atoms with E-state index in [0.29, 0.717) is 31.7 Å². The van der Waals surface area contributed by atoms with Gasteiger partial charge in [-0.3, -0.25) is 9.69 Å². The number of amides is 1. The molecule has 3 rings (SSSR count). The molecule has 2 aromatic carbocycles. The molecule has 3 aromatic rings. The van der Waals surface area contributed by atoms with Gasteiger partial charge in [0.05, 0.1) is 17.3 Å². The lowest BCUT2D eigenvalue weighted by atomic mass is 10.2. The normalized spacial score (nSPS) is 11.2. The third-order valence-electron chi connectivity index (χ3n) is 4.48. The van der Waals surface area contributed by atoms with Gasteiger partial charge in [0.2, 0.25) is 18.1 Å². The molecular formula is C21H22BrFN6O4. The zero-order chi connectivity index (χ0) is 23.6. The number of oxime groups is 1. The molecule has 33 heavy (non-hydrogen) atoms. The Labute approximate surface area is 197 Å². The Morgan fingerprint density at radius 3 is 2.67 bits per heavy atom. The number of hydrogen-bond donors (Lipinski definition) is 2. The van der Waals surface area contributed by atoms with Gasteiger partial charge in [-0.25, -0.2) is 9.02 Å². The maximum absolute atomic E-state index is 13.6. The van der Waals surface area contributed by atoms with Gasteiger partial charge in [-0.1, -0.05) is 17.3 Å². The van der Waals surface area contributed by atoms with E-state index in [0.717, 1.165) is 16.2 Å². The fraction of sp³-hybridized carbons (Fsp3) is 0.238. The Hall–Kier alpha value is -3.51. The lowest BCUT2D eigenvalue weighted by Gasteiger charge is -2.18. The van der Waals surface area contributed by atoms with E-state index in [1.807, 2.05) is 24.3 Å². The summed E-state index contributed by atoms with van der Waals surface area (Å²) in [5.74, 6) is 0.617. The molecule has 10 nitrogen and oxygen atoms in total. The van der Waals surface area contributed by atoms with Crippen molar-refractivity contribution in [2.75, 3.05) is 37.5 Å². The van der Waals surface area contributed by atoms with Gasteiger partial charge in [-0.15, -0.1) is 0 Å². The first kappa shape index (κ1) is 24.1. The summed E-state index contributed by atoms with van der Waals surface area (Å²) in [6.45, 7) is 1.77. The molecule has 0 aliphatic carbocycles. The highest BCUT2D eigenvalue weighted by Gasteiger charge is 2.25. The van der Waals surface area contributed by atoms with Gasteiger partial charge < -0.3 is 20.2 Å². The zero-order valence-electron chi connectivity index (χ0n) is 17.9. The molecule has 1 heterocycles. The summed E-state index contributed by atoms with van der Waals surface area (Å²) in [4.78, 5) is 17.9. The van der Waals surface area contributed by atoms with Crippen LogP contribution in [-0.2, 0) is 16.2 Å². The number of halogens is 2. The molecule has 0 spiro atoms. The number of amidine groups is 1. The van der Waals surface area contributed by atoms with Crippen molar-refractivity contribution in [3.05, 3.63) is 64.0 Å². The van der Waals surface area contributed by atoms with Crippen molar-refractivity contribution >= 4 is 39.7 Å². The van der Waals surface area contributed by atoms with Crippen LogP contribution in [0.4, 0.5) is 15.9 Å². The quantitative estimate of drug-likeness (QED) is 0.130. The van der Waals surface area contributed by atoms with E-state index < -0.39 is 5.82 Å². The number of ether oxygens (including phenoxy) is 1. The summed E-state index contributed by atoms with van der Waals surface area (Å²) in [6, 6.07) is 11.8. The molecule has 174 valence electrons. The Balaban J connectivity index is 1.65. The SMILES string of the molecule is CO/N=C(/c1nonc1NCCNCc1ccc(OC)cc1)N(C=O)c1ccc(F)c(Br)c1. The van der Waals surface area contributed by atoms with Gasteiger partial charge in [-0.2, -0.15) is 0 Å². The average Bonchev–Trinajstić information content (AvgIpc) is 3.29. The predicted molar refractivity (Wildman–Crippen MR) is 124 cm³/mol. The second-order valence-corrected chi connectivity index (χ2v) is 7.44. The van der Waals surface area contributed by atoms with E-state index >= 15 is 0 Å². The van der Waals surface area contributed by atoms with Crippen LogP contribution in [0.5, 0.6) is 5.75 Å². The van der Waals surface area contributed by atoms with Crippen molar-refractivity contribution < 1.29 is 23.4 Å². The molecule has 1 amide bonds. The highest BCUT2D eigenvalue weighted by atomic mass is 79.9. The highest BCUT2D eigenvalue weighted by Crippen LogP contribution is 2.25. The number of benzene rings is 2. The fourth-order valence-electron chi connectivity index (χ4n) is 2.85. The van der Waals surface area contributed by atoms with E-state index in [9.17, 15) is 9.18 Å². The molecule has 0 bridgehead atoms. The van der Waals surface area contributed by atoms with Crippen molar-refractivity contribution in [1.82, 2.24) is 15.6 Å². The summed E-state index contributed by atoms with van der Waals surface area (Å²) in [7, 11) is 2.95. The van der Waals surface area contributed by atoms with Crippen LogP contribution < -0.4 is 20.3 Å². The Bertz CT molecular complexity index is 1090. The number of carbonyl (C=O) groups is 1. The monoisotopic (exact) mass is 520 g/mol. The van der Waals surface area contributed by atoms with Gasteiger partial charge >= 0.3 is 0 Å². The fourth-order valence-corrected chi connectivity index (χ4v) is 3.22. The standard InChI is InChI=1S/C21H22BrFN6O4/c1-31-16-6-3-14(4-7-16)12-24-9-10-25-20-19(26-33-27-20)21(28-32-2)29(13-30)15-5-8-18(23)17(22)11-15/h3-8,11,13,24H,9-10,12H2,1-2H3,(H,25,27)/b28-21-. The molecular weight excluding hydrogens is 499 g/mol. The minimum absolute atomic E-state index is 0.0148. The lowest BCUT2D eigenvalue weighted by Crippen LogP contribution is -2.32. The predicted octanol–water partition coefficient (Wildman–Crippen LogP) is 3.15. The molecule has 0 unspecified atom stereocenters. The largest absolute Gasteiger partial charge is 0.497 e. The summed E-state index contributed by atoms with van der Waals surface area (Å²) in [6.07, 6.45) is 0.506. The third kappa shape index (κ3) is 6.26. The van der Waals surface area contributed by atoms with E-state index in [2.05, 4.69) is 42.0 Å². The number of aromatic nitrogens is 2. The van der Waals surface area contributed by atoms with Crippen LogP contribution in [0.2, 0.25) is 0 Å². The second kappa shape index (κ2) is 11.9. The number of anilines is 2. The first-order chi connectivity index (χ1) is 16.1. The molecule has 12 heteroatoms. The number of nitrogens with one attached hydrogen (secondary N) is 2. The van der Waals surface area contributed by atoms with Crippen molar-refractivity contribution in [2.45, 2.75) is 6.54 Å². The number of nitrogens with zero attached hydrogens (tertiary/aromatic N) is 4. The Morgan fingerprint density at radius 1 is 1.21 bits per heavy atom. The van der Waals surface area contributed by atoms with Crippen LogP contribution >= 0.6 is 15.9 Å². The number of carbonyl (C=O) groups excluding carboxylic acids is 1. The van der Waals surface area contributed by atoms with Gasteiger partial charge in [0.25, 0.3) is 0 Å². The minimum atomic E-state index is -0.470. The molecule has 0 atom stereocenters. The van der Waals surface area contributed by atoms with Crippen LogP contribution in [0.15, 0.2) is 56.7 Å². The molecule has 2 N–H and O–H groups in total. The first-order valence-electron chi connectivity index (χ1n) is 9.78. The van der Waals surface area contributed by atoms with E-state index in [-0.39, 0.29) is 21.8 Å². The van der Waals surface area contributed by atoms with Gasteiger partial charge in [-0.05, 0) is 62.1 Å². The lowest BCUT2D eigenvalue weighted by molar-refractivity contribution is -0.106. The van der Waals surface area contributed by atoms with Crippen LogP contribution in [0.25, 0.3) is 0 Å². The van der Waals surface area contributed by atoms with Crippen molar-refractivity contribution in [3.63, 3.8) is 0 Å². The minimum Gasteiger partial charge on any atom is -0.497 e. The van der Waals surface area contributed by atoms with Crippen LogP contribution in [0, 0.1) is 5.82 Å². The van der Waals surface area contributed by atoms with Gasteiger partial charge in [0.1, 0.15) is 18.7 Å². The number of methoxy groups -OCH3 is 1. The summed E-state index contributed by atoms with van der Waals surface area (Å²) < 4.78 is 23.8. The zero-order valence-corrected chi connectivity index (χ0v) is 19.5. The number of hydrogen-bond acceptors (Lipinski definition) is 9. The molecule has 0 saturated carbocycles. The second-order valence-electron chi connectivity index (χ2n) is 6.58. The smallest absolute Gasteiger partial charge is 0.220 e. The van der Waals surface area contributed by atoms with E-state index in [1.54, 1.807) is 7.11 Å². The van der Waals surface area contributed by atoms with Gasteiger partial charge in [0.15, 0.2) is 5.69 Å². The topological polar surface area (TPSA) is 114 Å². The maximum Gasteiger partial charge on any atom is 0.220 e.